The standard InChI is InChI=1S/C22H25FN4O6/c1-28-15-7-12(8-16(29-2)19(15)32-5)25-21-14(23)11-24-22(27-21)26-13-9-17(30-3)20(33-6)18(10-13)31-4/h7-11H,1-6H3,(H2,24,25,26,27). The van der Waals surface area contributed by atoms with Gasteiger partial charge in [0.15, 0.2) is 34.6 Å². The number of ether oxygens (including phenoxy) is 6. The Kier molecular flexibility index (Phi) is 7.44. The van der Waals surface area contributed by atoms with Crippen molar-refractivity contribution in [1.29, 1.82) is 0 Å². The van der Waals surface area contributed by atoms with Crippen molar-refractivity contribution < 1.29 is 32.8 Å². The maximum Gasteiger partial charge on any atom is 0.229 e. The fourth-order valence-corrected chi connectivity index (χ4v) is 3.09. The monoisotopic (exact) mass is 460 g/mol. The lowest BCUT2D eigenvalue weighted by Gasteiger charge is -2.16. The minimum Gasteiger partial charge on any atom is -0.493 e. The number of aromatic nitrogens is 2. The summed E-state index contributed by atoms with van der Waals surface area (Å²) in [5.41, 5.74) is 1.02. The third-order valence-electron chi connectivity index (χ3n) is 4.59. The van der Waals surface area contributed by atoms with Crippen molar-refractivity contribution in [2.75, 3.05) is 53.3 Å². The maximum absolute atomic E-state index is 14.5. The number of anilines is 4. The van der Waals surface area contributed by atoms with Crippen molar-refractivity contribution in [3.8, 4) is 34.5 Å². The van der Waals surface area contributed by atoms with E-state index in [4.69, 9.17) is 28.4 Å². The van der Waals surface area contributed by atoms with Gasteiger partial charge in [0.1, 0.15) is 0 Å². The second kappa shape index (κ2) is 10.4. The highest BCUT2D eigenvalue weighted by Crippen LogP contribution is 2.42. The molecule has 11 heteroatoms. The van der Waals surface area contributed by atoms with E-state index in [2.05, 4.69) is 20.6 Å². The van der Waals surface area contributed by atoms with Crippen LogP contribution in [-0.2, 0) is 0 Å². The van der Waals surface area contributed by atoms with Gasteiger partial charge in [-0.15, -0.1) is 0 Å². The third-order valence-corrected chi connectivity index (χ3v) is 4.59. The van der Waals surface area contributed by atoms with Crippen LogP contribution in [0.3, 0.4) is 0 Å². The van der Waals surface area contributed by atoms with Crippen LogP contribution in [0.1, 0.15) is 0 Å². The number of methoxy groups -OCH3 is 6. The number of halogens is 1. The zero-order valence-electron chi connectivity index (χ0n) is 19.1. The quantitative estimate of drug-likeness (QED) is 0.458. The first-order valence-electron chi connectivity index (χ1n) is 9.64. The fourth-order valence-electron chi connectivity index (χ4n) is 3.09. The SMILES string of the molecule is COc1cc(Nc2ncc(F)c(Nc3cc(OC)c(OC)c(OC)c3)n2)cc(OC)c1OC. The molecular formula is C22H25FN4O6. The normalized spacial score (nSPS) is 10.3. The van der Waals surface area contributed by atoms with Crippen molar-refractivity contribution in [1.82, 2.24) is 9.97 Å². The minimum atomic E-state index is -0.654. The van der Waals surface area contributed by atoms with E-state index < -0.39 is 5.82 Å². The van der Waals surface area contributed by atoms with Crippen LogP contribution in [0.25, 0.3) is 0 Å². The summed E-state index contributed by atoms with van der Waals surface area (Å²) in [4.78, 5) is 8.24. The van der Waals surface area contributed by atoms with Crippen LogP contribution in [0.2, 0.25) is 0 Å². The molecule has 1 aromatic heterocycles. The zero-order valence-corrected chi connectivity index (χ0v) is 19.1. The van der Waals surface area contributed by atoms with Crippen molar-refractivity contribution >= 4 is 23.1 Å². The second-order valence-corrected chi connectivity index (χ2v) is 6.47. The Hall–Kier alpha value is -4.15. The van der Waals surface area contributed by atoms with Crippen LogP contribution in [0.5, 0.6) is 34.5 Å². The summed E-state index contributed by atoms with van der Waals surface area (Å²) in [5, 5.41) is 5.92. The van der Waals surface area contributed by atoms with Gasteiger partial charge in [-0.3, -0.25) is 0 Å². The zero-order chi connectivity index (χ0) is 24.0. The first-order chi connectivity index (χ1) is 16.0. The summed E-state index contributed by atoms with van der Waals surface area (Å²) in [7, 11) is 9.01. The average Bonchev–Trinajstić information content (AvgIpc) is 2.84. The van der Waals surface area contributed by atoms with E-state index in [-0.39, 0.29) is 11.8 Å². The summed E-state index contributed by atoms with van der Waals surface area (Å²) >= 11 is 0. The average molecular weight is 460 g/mol. The number of nitrogens with zero attached hydrogens (tertiary/aromatic N) is 2. The molecule has 2 aromatic carbocycles. The van der Waals surface area contributed by atoms with Gasteiger partial charge in [0.05, 0.1) is 48.9 Å². The molecule has 2 N–H and O–H groups in total. The molecule has 0 aliphatic heterocycles. The predicted molar refractivity (Wildman–Crippen MR) is 121 cm³/mol. The topological polar surface area (TPSA) is 105 Å². The van der Waals surface area contributed by atoms with E-state index in [1.54, 1.807) is 24.3 Å². The molecule has 0 spiro atoms. The van der Waals surface area contributed by atoms with E-state index in [9.17, 15) is 4.39 Å². The molecule has 0 saturated carbocycles. The highest BCUT2D eigenvalue weighted by atomic mass is 19.1. The van der Waals surface area contributed by atoms with E-state index in [0.717, 1.165) is 6.20 Å². The molecule has 176 valence electrons. The molecule has 0 bridgehead atoms. The van der Waals surface area contributed by atoms with Gasteiger partial charge in [-0.05, 0) is 0 Å². The number of hydrogen-bond acceptors (Lipinski definition) is 10. The van der Waals surface area contributed by atoms with Crippen LogP contribution in [-0.4, -0.2) is 52.6 Å². The lowest BCUT2D eigenvalue weighted by molar-refractivity contribution is 0.324. The maximum atomic E-state index is 14.5. The smallest absolute Gasteiger partial charge is 0.229 e. The van der Waals surface area contributed by atoms with E-state index >= 15 is 0 Å². The van der Waals surface area contributed by atoms with Crippen LogP contribution >= 0.6 is 0 Å². The Bertz CT molecular complexity index is 1080. The van der Waals surface area contributed by atoms with Gasteiger partial charge in [-0.25, -0.2) is 9.37 Å². The molecule has 0 atom stereocenters. The van der Waals surface area contributed by atoms with Crippen molar-refractivity contribution in [3.05, 3.63) is 36.3 Å². The van der Waals surface area contributed by atoms with E-state index in [0.29, 0.717) is 45.9 Å². The van der Waals surface area contributed by atoms with Gasteiger partial charge in [-0.2, -0.15) is 4.98 Å². The van der Waals surface area contributed by atoms with Crippen molar-refractivity contribution in [2.24, 2.45) is 0 Å². The van der Waals surface area contributed by atoms with Gasteiger partial charge in [0, 0.05) is 35.6 Å². The Labute approximate surface area is 190 Å². The van der Waals surface area contributed by atoms with Gasteiger partial charge >= 0.3 is 0 Å². The van der Waals surface area contributed by atoms with Crippen molar-refractivity contribution in [3.63, 3.8) is 0 Å². The lowest BCUT2D eigenvalue weighted by atomic mass is 10.2. The summed E-state index contributed by atoms with van der Waals surface area (Å²) < 4.78 is 46.5. The van der Waals surface area contributed by atoms with E-state index in [1.165, 1.54) is 42.7 Å². The lowest BCUT2D eigenvalue weighted by Crippen LogP contribution is -2.05. The van der Waals surface area contributed by atoms with Crippen LogP contribution in [0.4, 0.5) is 27.5 Å². The fraction of sp³-hybridized carbons (Fsp3) is 0.273. The third kappa shape index (κ3) is 5.03. The molecule has 0 saturated heterocycles. The molecule has 3 aromatic rings. The van der Waals surface area contributed by atoms with Gasteiger partial charge < -0.3 is 39.1 Å². The Morgan fingerprint density at radius 2 is 1.06 bits per heavy atom. The molecule has 10 nitrogen and oxygen atoms in total. The second-order valence-electron chi connectivity index (χ2n) is 6.47. The molecule has 0 aliphatic rings. The molecule has 33 heavy (non-hydrogen) atoms. The van der Waals surface area contributed by atoms with Gasteiger partial charge in [-0.1, -0.05) is 0 Å². The number of hydrogen-bond donors (Lipinski definition) is 2. The summed E-state index contributed by atoms with van der Waals surface area (Å²) in [6.45, 7) is 0. The number of nitrogens with one attached hydrogen (secondary N) is 2. The van der Waals surface area contributed by atoms with E-state index in [1.807, 2.05) is 0 Å². The Morgan fingerprint density at radius 3 is 1.45 bits per heavy atom. The number of rotatable bonds is 10. The van der Waals surface area contributed by atoms with Crippen LogP contribution in [0.15, 0.2) is 30.5 Å². The molecule has 0 radical (unpaired) electrons. The molecule has 1 heterocycles. The molecule has 0 amide bonds. The summed E-state index contributed by atoms with van der Waals surface area (Å²) in [6, 6.07) is 6.63. The first kappa shape index (κ1) is 23.5. The van der Waals surface area contributed by atoms with Crippen LogP contribution in [0, 0.1) is 5.82 Å². The molecule has 0 unspecified atom stereocenters. The molecule has 0 aliphatic carbocycles. The highest BCUT2D eigenvalue weighted by Gasteiger charge is 2.17. The summed E-state index contributed by atoms with van der Waals surface area (Å²) in [6.07, 6.45) is 1.05. The molecular weight excluding hydrogens is 435 g/mol. The Morgan fingerprint density at radius 1 is 0.636 bits per heavy atom. The van der Waals surface area contributed by atoms with Gasteiger partial charge in [0.25, 0.3) is 0 Å². The first-order valence-corrected chi connectivity index (χ1v) is 9.64. The van der Waals surface area contributed by atoms with Gasteiger partial charge in [0.2, 0.25) is 17.4 Å². The molecule has 3 rings (SSSR count). The number of benzene rings is 2. The largest absolute Gasteiger partial charge is 0.493 e. The molecule has 0 fully saturated rings. The predicted octanol–water partition coefficient (Wildman–Crippen LogP) is 4.15. The minimum absolute atomic E-state index is 0.0609. The summed E-state index contributed by atoms with van der Waals surface area (Å²) in [5.74, 6) is 1.98. The van der Waals surface area contributed by atoms with Crippen molar-refractivity contribution in [2.45, 2.75) is 0 Å². The Balaban J connectivity index is 1.93. The van der Waals surface area contributed by atoms with Crippen LogP contribution < -0.4 is 39.1 Å². The highest BCUT2D eigenvalue weighted by molar-refractivity contribution is 5.69.